The number of ether oxygens (including phenoxy) is 1. The van der Waals surface area contributed by atoms with E-state index < -0.39 is 5.41 Å². The molecule has 2 amide bonds. The third-order valence-electron chi connectivity index (χ3n) is 5.40. The van der Waals surface area contributed by atoms with Gasteiger partial charge in [0.1, 0.15) is 5.75 Å². The quantitative estimate of drug-likeness (QED) is 0.794. The zero-order valence-corrected chi connectivity index (χ0v) is 17.6. The number of likely N-dealkylation sites (N-methyl/N-ethyl adjacent to an activating group) is 1. The van der Waals surface area contributed by atoms with Crippen LogP contribution in [0.2, 0.25) is 0 Å². The molecule has 1 heterocycles. The average Bonchev–Trinajstić information content (AvgIpc) is 2.66. The van der Waals surface area contributed by atoms with E-state index in [2.05, 4.69) is 6.92 Å². The molecule has 2 rings (SSSR count). The Kier molecular flexibility index (Phi) is 6.90. The van der Waals surface area contributed by atoms with Crippen LogP contribution in [0.15, 0.2) is 24.3 Å². The highest BCUT2D eigenvalue weighted by molar-refractivity contribution is 5.84. The molecule has 0 saturated carbocycles. The third kappa shape index (κ3) is 5.47. The van der Waals surface area contributed by atoms with Crippen LogP contribution in [0.4, 0.5) is 0 Å². The summed E-state index contributed by atoms with van der Waals surface area (Å²) in [7, 11) is 3.53. The first kappa shape index (κ1) is 21.3. The van der Waals surface area contributed by atoms with Crippen molar-refractivity contribution < 1.29 is 14.3 Å². The van der Waals surface area contributed by atoms with Crippen molar-refractivity contribution in [2.75, 3.05) is 27.2 Å². The van der Waals surface area contributed by atoms with Crippen LogP contribution in [-0.2, 0) is 16.0 Å². The summed E-state index contributed by atoms with van der Waals surface area (Å²) in [6.07, 6.45) is 2.54. The second kappa shape index (κ2) is 8.77. The van der Waals surface area contributed by atoms with Crippen LogP contribution in [0.1, 0.15) is 46.1 Å². The first-order valence-corrected chi connectivity index (χ1v) is 9.82. The molecule has 1 saturated heterocycles. The normalized spacial score (nSPS) is 18.7. The van der Waals surface area contributed by atoms with Crippen LogP contribution in [0.5, 0.6) is 5.75 Å². The lowest BCUT2D eigenvalue weighted by atomic mass is 9.90. The predicted octanol–water partition coefficient (Wildman–Crippen LogP) is 3.37. The van der Waals surface area contributed by atoms with E-state index in [1.165, 1.54) is 5.56 Å². The maximum Gasteiger partial charge on any atom is 0.227 e. The molecule has 5 heteroatoms. The molecule has 1 aliphatic heterocycles. The van der Waals surface area contributed by atoms with E-state index in [1.54, 1.807) is 7.11 Å². The Labute approximate surface area is 163 Å². The minimum Gasteiger partial charge on any atom is -0.497 e. The van der Waals surface area contributed by atoms with Crippen molar-refractivity contribution in [3.8, 4) is 5.75 Å². The van der Waals surface area contributed by atoms with Crippen LogP contribution in [0, 0.1) is 11.3 Å². The van der Waals surface area contributed by atoms with Gasteiger partial charge in [-0.25, -0.2) is 0 Å². The van der Waals surface area contributed by atoms with Gasteiger partial charge in [0.2, 0.25) is 11.8 Å². The summed E-state index contributed by atoms with van der Waals surface area (Å²) in [4.78, 5) is 29.3. The Bertz CT molecular complexity index is 649. The summed E-state index contributed by atoms with van der Waals surface area (Å²) >= 11 is 0. The van der Waals surface area contributed by atoms with E-state index in [0.717, 1.165) is 31.6 Å². The average molecular weight is 375 g/mol. The maximum absolute atomic E-state index is 13.0. The number of hydrogen-bond donors (Lipinski definition) is 0. The largest absolute Gasteiger partial charge is 0.497 e. The number of likely N-dealkylation sites (tertiary alicyclic amines) is 1. The van der Waals surface area contributed by atoms with Crippen LogP contribution in [0.3, 0.4) is 0 Å². The molecule has 150 valence electrons. The number of amides is 2. The molecule has 0 radical (unpaired) electrons. The Balaban J connectivity index is 1.97. The first-order chi connectivity index (χ1) is 12.6. The van der Waals surface area contributed by atoms with Crippen molar-refractivity contribution in [2.24, 2.45) is 11.3 Å². The Hall–Kier alpha value is -2.04. The second-order valence-corrected chi connectivity index (χ2v) is 8.69. The third-order valence-corrected chi connectivity index (χ3v) is 5.40. The minimum atomic E-state index is -0.404. The highest BCUT2D eigenvalue weighted by atomic mass is 16.5. The molecule has 1 fully saturated rings. The highest BCUT2D eigenvalue weighted by Gasteiger charge is 2.35. The van der Waals surface area contributed by atoms with Gasteiger partial charge in [0, 0.05) is 31.6 Å². The molecule has 5 nitrogen and oxygen atoms in total. The monoisotopic (exact) mass is 374 g/mol. The fourth-order valence-electron chi connectivity index (χ4n) is 3.58. The lowest BCUT2D eigenvalue weighted by Crippen LogP contribution is -2.50. The second-order valence-electron chi connectivity index (χ2n) is 8.69. The SMILES string of the molecule is COc1ccc(CC(C)N(C)C(=O)C2CCCN(C(=O)C(C)(C)C)C2)cc1. The van der Waals surface area contributed by atoms with Crippen molar-refractivity contribution >= 4 is 11.8 Å². The van der Waals surface area contributed by atoms with Gasteiger partial charge < -0.3 is 14.5 Å². The number of nitrogens with zero attached hydrogens (tertiary/aromatic N) is 2. The van der Waals surface area contributed by atoms with E-state index in [-0.39, 0.29) is 23.8 Å². The van der Waals surface area contributed by atoms with Crippen molar-refractivity contribution in [1.82, 2.24) is 9.80 Å². The molecule has 0 spiro atoms. The molecular weight excluding hydrogens is 340 g/mol. The van der Waals surface area contributed by atoms with Crippen molar-refractivity contribution in [3.63, 3.8) is 0 Å². The van der Waals surface area contributed by atoms with Crippen molar-refractivity contribution in [1.29, 1.82) is 0 Å². The Morgan fingerprint density at radius 3 is 2.44 bits per heavy atom. The maximum atomic E-state index is 13.0. The molecule has 0 N–H and O–H groups in total. The number of benzene rings is 1. The minimum absolute atomic E-state index is 0.0968. The summed E-state index contributed by atoms with van der Waals surface area (Å²) in [6, 6.07) is 8.07. The van der Waals surface area contributed by atoms with Gasteiger partial charge in [-0.2, -0.15) is 0 Å². The number of rotatable bonds is 5. The van der Waals surface area contributed by atoms with Gasteiger partial charge >= 0.3 is 0 Å². The lowest BCUT2D eigenvalue weighted by Gasteiger charge is -2.38. The van der Waals surface area contributed by atoms with Gasteiger partial charge in [0.15, 0.2) is 0 Å². The first-order valence-electron chi connectivity index (χ1n) is 9.82. The molecule has 0 aliphatic carbocycles. The van der Waals surface area contributed by atoms with Gasteiger partial charge in [-0.3, -0.25) is 9.59 Å². The molecule has 1 aromatic rings. The molecule has 0 bridgehead atoms. The van der Waals surface area contributed by atoms with E-state index in [1.807, 2.05) is 61.9 Å². The van der Waals surface area contributed by atoms with Gasteiger partial charge in [-0.05, 0) is 43.9 Å². The molecular formula is C22H34N2O3. The van der Waals surface area contributed by atoms with E-state index >= 15 is 0 Å². The zero-order chi connectivity index (χ0) is 20.2. The predicted molar refractivity (Wildman–Crippen MR) is 108 cm³/mol. The van der Waals surface area contributed by atoms with Gasteiger partial charge in [0.25, 0.3) is 0 Å². The summed E-state index contributed by atoms with van der Waals surface area (Å²) in [5.41, 5.74) is 0.773. The number of methoxy groups -OCH3 is 1. The van der Waals surface area contributed by atoms with Gasteiger partial charge in [0.05, 0.1) is 13.0 Å². The zero-order valence-electron chi connectivity index (χ0n) is 17.6. The number of carbonyl (C=O) groups excluding carboxylic acids is 2. The smallest absolute Gasteiger partial charge is 0.227 e. The Morgan fingerprint density at radius 2 is 1.89 bits per heavy atom. The molecule has 1 aromatic carbocycles. The summed E-state index contributed by atoms with van der Waals surface area (Å²) in [5.74, 6) is 1.01. The van der Waals surface area contributed by atoms with Crippen LogP contribution < -0.4 is 4.74 Å². The summed E-state index contributed by atoms with van der Waals surface area (Å²) in [5, 5.41) is 0. The Morgan fingerprint density at radius 1 is 1.26 bits per heavy atom. The van der Waals surface area contributed by atoms with Gasteiger partial charge in [-0.1, -0.05) is 32.9 Å². The van der Waals surface area contributed by atoms with E-state index in [0.29, 0.717) is 6.54 Å². The molecule has 2 unspecified atom stereocenters. The van der Waals surface area contributed by atoms with E-state index in [9.17, 15) is 9.59 Å². The molecule has 27 heavy (non-hydrogen) atoms. The summed E-state index contributed by atoms with van der Waals surface area (Å²) < 4.78 is 5.20. The molecule has 0 aromatic heterocycles. The van der Waals surface area contributed by atoms with Crippen LogP contribution >= 0.6 is 0 Å². The fraction of sp³-hybridized carbons (Fsp3) is 0.636. The highest BCUT2D eigenvalue weighted by Crippen LogP contribution is 2.25. The number of carbonyl (C=O) groups is 2. The number of hydrogen-bond acceptors (Lipinski definition) is 3. The van der Waals surface area contributed by atoms with Crippen LogP contribution in [0.25, 0.3) is 0 Å². The van der Waals surface area contributed by atoms with Gasteiger partial charge in [-0.15, -0.1) is 0 Å². The van der Waals surface area contributed by atoms with Crippen molar-refractivity contribution in [2.45, 2.75) is 53.0 Å². The fourth-order valence-corrected chi connectivity index (χ4v) is 3.58. The molecule has 1 aliphatic rings. The van der Waals surface area contributed by atoms with E-state index in [4.69, 9.17) is 4.74 Å². The van der Waals surface area contributed by atoms with Crippen LogP contribution in [-0.4, -0.2) is 54.9 Å². The van der Waals surface area contributed by atoms with Crippen molar-refractivity contribution in [3.05, 3.63) is 29.8 Å². The number of piperidine rings is 1. The summed E-state index contributed by atoms with van der Waals surface area (Å²) in [6.45, 7) is 9.17. The lowest BCUT2D eigenvalue weighted by molar-refractivity contribution is -0.145. The standard InChI is InChI=1S/C22H34N2O3/c1-16(14-17-9-11-19(27-6)12-10-17)23(5)20(25)18-8-7-13-24(15-18)21(26)22(2,3)4/h9-12,16,18H,7-8,13-15H2,1-6H3. The topological polar surface area (TPSA) is 49.9 Å². The molecule has 2 atom stereocenters.